The van der Waals surface area contributed by atoms with Gasteiger partial charge in [-0.15, -0.1) is 0 Å². The highest BCUT2D eigenvalue weighted by molar-refractivity contribution is 8.16. The van der Waals surface area contributed by atoms with Gasteiger partial charge in [-0.1, -0.05) is 23.5 Å². The van der Waals surface area contributed by atoms with E-state index in [1.165, 1.54) is 0 Å². The first-order valence-electron chi connectivity index (χ1n) is 2.47. The molecule has 4 nitrogen and oxygen atoms in total. The average molecular weight is 180 g/mol. The van der Waals surface area contributed by atoms with Crippen LogP contribution in [0.15, 0.2) is 0 Å². The third-order valence-electron chi connectivity index (χ3n) is 0.572. The highest BCUT2D eigenvalue weighted by Gasteiger charge is 1.97. The number of hydrogen-bond donors (Lipinski definition) is 2. The number of nitrogens with two attached hydrogens (primary N) is 2. The molecule has 0 unspecified atom stereocenters. The Labute approximate surface area is 67.1 Å². The highest BCUT2D eigenvalue weighted by atomic mass is 32.2. The van der Waals surface area contributed by atoms with Crippen LogP contribution in [-0.2, 0) is 0 Å². The van der Waals surface area contributed by atoms with Crippen LogP contribution in [0.4, 0.5) is 9.59 Å². The fourth-order valence-electron chi connectivity index (χ4n) is 0.285. The number of carbonyl (C=O) groups excluding carboxylic acids is 2. The second-order valence-electron chi connectivity index (χ2n) is 1.33. The highest BCUT2D eigenvalue weighted by Crippen LogP contribution is 2.05. The first-order valence-corrected chi connectivity index (χ1v) is 4.44. The van der Waals surface area contributed by atoms with Gasteiger partial charge in [0.25, 0.3) is 10.5 Å². The average Bonchev–Trinajstić information content (AvgIpc) is 1.79. The molecule has 0 radical (unpaired) electrons. The number of thioether (sulfide) groups is 2. The number of hydrogen-bond acceptors (Lipinski definition) is 4. The summed E-state index contributed by atoms with van der Waals surface area (Å²) >= 11 is 1.97. The molecule has 4 N–H and O–H groups in total. The summed E-state index contributed by atoms with van der Waals surface area (Å²) in [5.74, 6) is 1.06. The normalized spacial score (nSPS) is 9.20. The minimum Gasteiger partial charge on any atom is -0.361 e. The van der Waals surface area contributed by atoms with Crippen molar-refractivity contribution in [1.29, 1.82) is 0 Å². The molecule has 0 aliphatic carbocycles. The molecule has 0 aliphatic rings. The van der Waals surface area contributed by atoms with Gasteiger partial charge < -0.3 is 11.5 Å². The van der Waals surface area contributed by atoms with E-state index in [1.54, 1.807) is 0 Å². The van der Waals surface area contributed by atoms with E-state index in [2.05, 4.69) is 0 Å². The zero-order chi connectivity index (χ0) is 7.98. The Balaban J connectivity index is 3.06. The van der Waals surface area contributed by atoms with E-state index in [1.807, 2.05) is 0 Å². The maximum atomic E-state index is 10.1. The van der Waals surface area contributed by atoms with Crippen molar-refractivity contribution in [2.24, 2.45) is 11.5 Å². The van der Waals surface area contributed by atoms with E-state index < -0.39 is 10.5 Å². The molecule has 0 spiro atoms. The van der Waals surface area contributed by atoms with Crippen LogP contribution in [0.2, 0.25) is 0 Å². The van der Waals surface area contributed by atoms with Crippen molar-refractivity contribution in [3.8, 4) is 0 Å². The molecule has 0 saturated carbocycles. The molecule has 0 rings (SSSR count). The van der Waals surface area contributed by atoms with E-state index in [9.17, 15) is 9.59 Å². The van der Waals surface area contributed by atoms with Gasteiger partial charge in [-0.3, -0.25) is 9.59 Å². The molecular formula is C4H8N2O2S2. The van der Waals surface area contributed by atoms with Crippen molar-refractivity contribution in [3.05, 3.63) is 0 Å². The van der Waals surface area contributed by atoms with Crippen molar-refractivity contribution in [2.75, 3.05) is 11.5 Å². The molecule has 0 aromatic carbocycles. The first-order chi connectivity index (χ1) is 4.63. The molecule has 0 atom stereocenters. The van der Waals surface area contributed by atoms with Gasteiger partial charge in [0.2, 0.25) is 0 Å². The molecule has 0 heterocycles. The van der Waals surface area contributed by atoms with Gasteiger partial charge in [-0.05, 0) is 0 Å². The SMILES string of the molecule is NC(=O)SCCSC(N)=O. The van der Waals surface area contributed by atoms with E-state index in [0.717, 1.165) is 23.5 Å². The zero-order valence-electron chi connectivity index (χ0n) is 5.20. The molecule has 2 amide bonds. The number of carbonyl (C=O) groups is 2. The minimum absolute atomic E-state index is 0.426. The molecule has 0 fully saturated rings. The fraction of sp³-hybridized carbons (Fsp3) is 0.500. The summed E-state index contributed by atoms with van der Waals surface area (Å²) in [7, 11) is 0. The van der Waals surface area contributed by atoms with Gasteiger partial charge >= 0.3 is 0 Å². The standard InChI is InChI=1S/C4H8N2O2S2/c5-3(7)9-1-2-10-4(6)8/h1-2H2,(H2,5,7)(H2,6,8). The summed E-state index contributed by atoms with van der Waals surface area (Å²) in [5.41, 5.74) is 9.62. The maximum Gasteiger partial charge on any atom is 0.276 e. The Morgan fingerprint density at radius 1 is 1.00 bits per heavy atom. The summed E-state index contributed by atoms with van der Waals surface area (Å²) in [6.07, 6.45) is 0. The van der Waals surface area contributed by atoms with Gasteiger partial charge in [0.15, 0.2) is 0 Å². The Kier molecular flexibility index (Phi) is 5.23. The van der Waals surface area contributed by atoms with Crippen LogP contribution >= 0.6 is 23.5 Å². The Morgan fingerprint density at radius 2 is 1.30 bits per heavy atom. The molecule has 0 aromatic heterocycles. The number of primary amides is 2. The smallest absolute Gasteiger partial charge is 0.276 e. The van der Waals surface area contributed by atoms with E-state index in [4.69, 9.17) is 11.5 Å². The van der Waals surface area contributed by atoms with Crippen LogP contribution in [0, 0.1) is 0 Å². The third-order valence-corrected chi connectivity index (χ3v) is 2.22. The molecule has 0 aliphatic heterocycles. The zero-order valence-corrected chi connectivity index (χ0v) is 6.83. The molecule has 6 heteroatoms. The lowest BCUT2D eigenvalue weighted by Gasteiger charge is -1.92. The van der Waals surface area contributed by atoms with E-state index in [0.29, 0.717) is 11.5 Å². The lowest BCUT2D eigenvalue weighted by Crippen LogP contribution is -2.07. The number of amides is 2. The summed E-state index contributed by atoms with van der Waals surface area (Å²) in [5, 5.41) is -0.852. The van der Waals surface area contributed by atoms with Crippen LogP contribution in [-0.4, -0.2) is 22.0 Å². The van der Waals surface area contributed by atoms with Crippen molar-refractivity contribution in [2.45, 2.75) is 0 Å². The van der Waals surface area contributed by atoms with Gasteiger partial charge in [0.05, 0.1) is 0 Å². The fourth-order valence-corrected chi connectivity index (χ4v) is 1.35. The second kappa shape index (κ2) is 5.43. The largest absolute Gasteiger partial charge is 0.361 e. The lowest BCUT2D eigenvalue weighted by atomic mass is 11.0. The van der Waals surface area contributed by atoms with Gasteiger partial charge in [0.1, 0.15) is 0 Å². The van der Waals surface area contributed by atoms with Crippen LogP contribution in [0.5, 0.6) is 0 Å². The van der Waals surface area contributed by atoms with Crippen LogP contribution in [0.1, 0.15) is 0 Å². The molecule has 0 saturated heterocycles. The molecule has 10 heavy (non-hydrogen) atoms. The maximum absolute atomic E-state index is 10.1. The quantitative estimate of drug-likeness (QED) is 0.623. The second-order valence-corrected chi connectivity index (χ2v) is 3.53. The summed E-state index contributed by atoms with van der Waals surface area (Å²) < 4.78 is 0. The molecule has 0 aromatic rings. The summed E-state index contributed by atoms with van der Waals surface area (Å²) in [4.78, 5) is 20.2. The van der Waals surface area contributed by atoms with Crippen LogP contribution in [0.25, 0.3) is 0 Å². The summed E-state index contributed by atoms with van der Waals surface area (Å²) in [6, 6.07) is 0. The predicted molar refractivity (Wildman–Crippen MR) is 44.1 cm³/mol. The van der Waals surface area contributed by atoms with Gasteiger partial charge in [-0.2, -0.15) is 0 Å². The Bertz CT molecular complexity index is 123. The third kappa shape index (κ3) is 7.64. The number of rotatable bonds is 3. The monoisotopic (exact) mass is 180 g/mol. The lowest BCUT2D eigenvalue weighted by molar-refractivity contribution is 0.266. The summed E-state index contributed by atoms with van der Waals surface area (Å²) in [6.45, 7) is 0. The first kappa shape index (κ1) is 9.64. The van der Waals surface area contributed by atoms with Crippen LogP contribution < -0.4 is 11.5 Å². The Morgan fingerprint density at radius 3 is 1.50 bits per heavy atom. The van der Waals surface area contributed by atoms with Gasteiger partial charge in [0, 0.05) is 11.5 Å². The van der Waals surface area contributed by atoms with E-state index in [-0.39, 0.29) is 0 Å². The van der Waals surface area contributed by atoms with Crippen molar-refractivity contribution in [3.63, 3.8) is 0 Å². The van der Waals surface area contributed by atoms with Crippen molar-refractivity contribution < 1.29 is 9.59 Å². The predicted octanol–water partition coefficient (Wildman–Crippen LogP) is 0.610. The molecular weight excluding hydrogens is 172 g/mol. The van der Waals surface area contributed by atoms with Crippen LogP contribution in [0.3, 0.4) is 0 Å². The van der Waals surface area contributed by atoms with Gasteiger partial charge in [-0.25, -0.2) is 0 Å². The topological polar surface area (TPSA) is 86.2 Å². The van der Waals surface area contributed by atoms with Crippen molar-refractivity contribution >= 4 is 34.0 Å². The van der Waals surface area contributed by atoms with Crippen molar-refractivity contribution in [1.82, 2.24) is 0 Å². The minimum atomic E-state index is -0.426. The molecule has 0 bridgehead atoms. The molecule has 58 valence electrons. The Hall–Kier alpha value is -0.360. The van der Waals surface area contributed by atoms with E-state index >= 15 is 0 Å².